The summed E-state index contributed by atoms with van der Waals surface area (Å²) < 4.78 is 5.14. The van der Waals surface area contributed by atoms with Crippen molar-refractivity contribution in [3.63, 3.8) is 0 Å². The summed E-state index contributed by atoms with van der Waals surface area (Å²) in [7, 11) is 1.62. The second-order valence-corrected chi connectivity index (χ2v) is 4.69. The van der Waals surface area contributed by atoms with Crippen LogP contribution in [0.1, 0.15) is 32.4 Å². The molecule has 1 rings (SSSR count). The lowest BCUT2D eigenvalue weighted by molar-refractivity contribution is -0.125. The van der Waals surface area contributed by atoms with E-state index in [2.05, 4.69) is 5.32 Å². The summed E-state index contributed by atoms with van der Waals surface area (Å²) in [5, 5.41) is 2.87. The highest BCUT2D eigenvalue weighted by Gasteiger charge is 2.23. The summed E-state index contributed by atoms with van der Waals surface area (Å²) >= 11 is 0. The molecule has 1 aromatic rings. The van der Waals surface area contributed by atoms with Gasteiger partial charge in [0.2, 0.25) is 5.91 Å². The van der Waals surface area contributed by atoms with E-state index in [1.165, 1.54) is 0 Å². The van der Waals surface area contributed by atoms with Gasteiger partial charge in [-0.2, -0.15) is 0 Å². The number of carbonyl (C=O) groups is 1. The van der Waals surface area contributed by atoms with Gasteiger partial charge in [0, 0.05) is 0 Å². The molecule has 1 amide bonds. The van der Waals surface area contributed by atoms with Crippen LogP contribution in [0, 0.1) is 0 Å². The maximum atomic E-state index is 11.7. The van der Waals surface area contributed by atoms with Crippen molar-refractivity contribution in [3.05, 3.63) is 29.8 Å². The topological polar surface area (TPSA) is 64.3 Å². The first kappa shape index (κ1) is 13.5. The summed E-state index contributed by atoms with van der Waals surface area (Å²) in [5.41, 5.74) is 5.84. The van der Waals surface area contributed by atoms with Gasteiger partial charge in [-0.3, -0.25) is 4.79 Å². The first-order chi connectivity index (χ1) is 7.84. The van der Waals surface area contributed by atoms with Gasteiger partial charge in [0.15, 0.2) is 0 Å². The minimum absolute atomic E-state index is 0.0968. The van der Waals surface area contributed by atoms with E-state index in [0.29, 0.717) is 0 Å². The summed E-state index contributed by atoms with van der Waals surface area (Å²) in [4.78, 5) is 11.7. The highest BCUT2D eigenvalue weighted by Crippen LogP contribution is 2.19. The van der Waals surface area contributed by atoms with Crippen molar-refractivity contribution in [1.82, 2.24) is 5.32 Å². The predicted molar refractivity (Wildman–Crippen MR) is 67.8 cm³/mol. The summed E-state index contributed by atoms with van der Waals surface area (Å²) in [6, 6.07) is 7.50. The third-order valence-electron chi connectivity index (χ3n) is 2.53. The monoisotopic (exact) mass is 236 g/mol. The quantitative estimate of drug-likeness (QED) is 0.834. The van der Waals surface area contributed by atoms with E-state index >= 15 is 0 Å². The van der Waals surface area contributed by atoms with Gasteiger partial charge in [0.1, 0.15) is 5.75 Å². The number of ether oxygens (including phenoxy) is 1. The first-order valence-corrected chi connectivity index (χ1v) is 5.58. The third-order valence-corrected chi connectivity index (χ3v) is 2.53. The van der Waals surface area contributed by atoms with Crippen LogP contribution in [-0.2, 0) is 4.79 Å². The van der Waals surface area contributed by atoms with Crippen molar-refractivity contribution in [3.8, 4) is 5.75 Å². The molecule has 3 N–H and O–H groups in total. The molecule has 0 bridgehead atoms. The van der Waals surface area contributed by atoms with E-state index in [9.17, 15) is 4.79 Å². The van der Waals surface area contributed by atoms with E-state index in [4.69, 9.17) is 10.5 Å². The summed E-state index contributed by atoms with van der Waals surface area (Å²) in [6.45, 7) is 5.28. The van der Waals surface area contributed by atoms with Gasteiger partial charge in [-0.05, 0) is 38.5 Å². The van der Waals surface area contributed by atoms with E-state index in [-0.39, 0.29) is 11.9 Å². The fourth-order valence-corrected chi connectivity index (χ4v) is 1.38. The van der Waals surface area contributed by atoms with Crippen molar-refractivity contribution < 1.29 is 9.53 Å². The van der Waals surface area contributed by atoms with E-state index in [1.54, 1.807) is 21.0 Å². The molecule has 17 heavy (non-hydrogen) atoms. The second-order valence-electron chi connectivity index (χ2n) is 4.69. The van der Waals surface area contributed by atoms with Crippen molar-refractivity contribution in [2.75, 3.05) is 7.11 Å². The van der Waals surface area contributed by atoms with Gasteiger partial charge in [-0.15, -0.1) is 0 Å². The normalized spacial score (nSPS) is 13.0. The van der Waals surface area contributed by atoms with Gasteiger partial charge in [0.25, 0.3) is 0 Å². The smallest absolute Gasteiger partial charge is 0.239 e. The molecule has 0 aliphatic rings. The number of hydrogen-bond acceptors (Lipinski definition) is 3. The molecule has 0 aliphatic heterocycles. The highest BCUT2D eigenvalue weighted by atomic mass is 16.5. The molecule has 0 saturated heterocycles. The molecular formula is C13H20N2O2. The third kappa shape index (κ3) is 3.75. The maximum Gasteiger partial charge on any atom is 0.239 e. The molecule has 0 spiro atoms. The molecule has 0 aromatic heterocycles. The maximum absolute atomic E-state index is 11.7. The number of amides is 1. The Labute approximate surface area is 102 Å². The zero-order chi connectivity index (χ0) is 13.1. The van der Waals surface area contributed by atoms with E-state index in [1.807, 2.05) is 31.2 Å². The standard InChI is InChI=1S/C13H20N2O2/c1-9(15-12(16)13(2,3)14)10-6-5-7-11(8-10)17-4/h5-9H,14H2,1-4H3,(H,15,16). The second kappa shape index (κ2) is 5.19. The molecule has 0 fully saturated rings. The SMILES string of the molecule is COc1cccc(C(C)NC(=O)C(C)(C)N)c1. The zero-order valence-electron chi connectivity index (χ0n) is 10.8. The predicted octanol–water partition coefficient (Wildman–Crippen LogP) is 1.61. The zero-order valence-corrected chi connectivity index (χ0v) is 10.8. The van der Waals surface area contributed by atoms with Gasteiger partial charge in [-0.25, -0.2) is 0 Å². The fraction of sp³-hybridized carbons (Fsp3) is 0.462. The largest absolute Gasteiger partial charge is 0.497 e. The Kier molecular flexibility index (Phi) is 4.12. The van der Waals surface area contributed by atoms with Crippen LogP contribution in [-0.4, -0.2) is 18.6 Å². The van der Waals surface area contributed by atoms with Crippen LogP contribution >= 0.6 is 0 Å². The van der Waals surface area contributed by atoms with Gasteiger partial charge < -0.3 is 15.8 Å². The molecule has 1 atom stereocenters. The molecular weight excluding hydrogens is 216 g/mol. The van der Waals surface area contributed by atoms with E-state index < -0.39 is 5.54 Å². The van der Waals surface area contributed by atoms with Crippen molar-refractivity contribution >= 4 is 5.91 Å². The molecule has 0 radical (unpaired) electrons. The Bertz CT molecular complexity index is 397. The van der Waals surface area contributed by atoms with Crippen LogP contribution in [0.2, 0.25) is 0 Å². The van der Waals surface area contributed by atoms with Crippen LogP contribution in [0.4, 0.5) is 0 Å². The Morgan fingerprint density at radius 1 is 1.47 bits per heavy atom. The van der Waals surface area contributed by atoms with Crippen molar-refractivity contribution in [1.29, 1.82) is 0 Å². The van der Waals surface area contributed by atoms with Crippen molar-refractivity contribution in [2.45, 2.75) is 32.4 Å². The molecule has 4 nitrogen and oxygen atoms in total. The number of rotatable bonds is 4. The summed E-state index contributed by atoms with van der Waals surface area (Å²) in [6.07, 6.45) is 0. The highest BCUT2D eigenvalue weighted by molar-refractivity contribution is 5.85. The van der Waals surface area contributed by atoms with Gasteiger partial charge >= 0.3 is 0 Å². The van der Waals surface area contributed by atoms with Crippen LogP contribution < -0.4 is 15.8 Å². The molecule has 1 aromatic carbocycles. The molecule has 0 heterocycles. The Morgan fingerprint density at radius 2 is 2.12 bits per heavy atom. The summed E-state index contributed by atoms with van der Waals surface area (Å²) in [5.74, 6) is 0.600. The lowest BCUT2D eigenvalue weighted by Crippen LogP contribution is -2.49. The number of hydrogen-bond donors (Lipinski definition) is 2. The number of nitrogens with two attached hydrogens (primary N) is 1. The molecule has 1 unspecified atom stereocenters. The van der Waals surface area contributed by atoms with Crippen LogP contribution in [0.5, 0.6) is 5.75 Å². The Morgan fingerprint density at radius 3 is 2.65 bits per heavy atom. The Hall–Kier alpha value is -1.55. The molecule has 0 aliphatic carbocycles. The first-order valence-electron chi connectivity index (χ1n) is 5.58. The number of nitrogens with one attached hydrogen (secondary N) is 1. The Balaban J connectivity index is 2.76. The number of benzene rings is 1. The minimum Gasteiger partial charge on any atom is -0.497 e. The minimum atomic E-state index is -0.868. The van der Waals surface area contributed by atoms with Gasteiger partial charge in [-0.1, -0.05) is 12.1 Å². The van der Waals surface area contributed by atoms with E-state index in [0.717, 1.165) is 11.3 Å². The fourth-order valence-electron chi connectivity index (χ4n) is 1.38. The molecule has 4 heteroatoms. The van der Waals surface area contributed by atoms with Gasteiger partial charge in [0.05, 0.1) is 18.7 Å². The lowest BCUT2D eigenvalue weighted by atomic mass is 10.0. The van der Waals surface area contributed by atoms with Crippen LogP contribution in [0.25, 0.3) is 0 Å². The van der Waals surface area contributed by atoms with Crippen molar-refractivity contribution in [2.24, 2.45) is 5.73 Å². The average Bonchev–Trinajstić information content (AvgIpc) is 2.27. The van der Waals surface area contributed by atoms with Crippen LogP contribution in [0.3, 0.4) is 0 Å². The molecule has 94 valence electrons. The lowest BCUT2D eigenvalue weighted by Gasteiger charge is -2.22. The number of methoxy groups -OCH3 is 1. The van der Waals surface area contributed by atoms with Crippen LogP contribution in [0.15, 0.2) is 24.3 Å². The average molecular weight is 236 g/mol. The number of carbonyl (C=O) groups excluding carboxylic acids is 1. The molecule has 0 saturated carbocycles.